The quantitative estimate of drug-likeness (QED) is 0.646. The molecule has 1 amide bonds. The Morgan fingerprint density at radius 2 is 1.96 bits per heavy atom. The Hall–Kier alpha value is -2.99. The number of pyridine rings is 1. The van der Waals surface area contributed by atoms with Gasteiger partial charge in [-0.15, -0.1) is 0 Å². The summed E-state index contributed by atoms with van der Waals surface area (Å²) in [6, 6.07) is 13.1. The van der Waals surface area contributed by atoms with E-state index in [0.717, 1.165) is 22.6 Å². The van der Waals surface area contributed by atoms with Crippen molar-refractivity contribution >= 4 is 29.1 Å². The number of carbonyl (C=O) groups excluding carboxylic acids is 1. The molecular formula is C20H20ClN5O. The molecule has 2 heterocycles. The third-order valence-corrected chi connectivity index (χ3v) is 4.11. The number of nitrogens with one attached hydrogen (secondary N) is 2. The van der Waals surface area contributed by atoms with E-state index in [1.54, 1.807) is 12.4 Å². The van der Waals surface area contributed by atoms with Crippen LogP contribution in [0.5, 0.6) is 0 Å². The minimum absolute atomic E-state index is 0.0405. The summed E-state index contributed by atoms with van der Waals surface area (Å²) in [5, 5.41) is 6.65. The highest BCUT2D eigenvalue weighted by Gasteiger charge is 2.06. The van der Waals surface area contributed by atoms with Gasteiger partial charge in [-0.2, -0.15) is 0 Å². The Kier molecular flexibility index (Phi) is 6.33. The highest BCUT2D eigenvalue weighted by molar-refractivity contribution is 6.30. The van der Waals surface area contributed by atoms with E-state index in [4.69, 9.17) is 11.6 Å². The highest BCUT2D eigenvalue weighted by atomic mass is 35.5. The van der Waals surface area contributed by atoms with E-state index in [-0.39, 0.29) is 5.91 Å². The average Bonchev–Trinajstić information content (AvgIpc) is 2.68. The molecule has 0 unspecified atom stereocenters. The van der Waals surface area contributed by atoms with Gasteiger partial charge in [0.1, 0.15) is 0 Å². The molecule has 0 bridgehead atoms. The molecule has 0 spiro atoms. The zero-order valence-electron chi connectivity index (χ0n) is 14.9. The molecule has 1 aromatic carbocycles. The number of nitrogens with zero attached hydrogens (tertiary/aromatic N) is 3. The van der Waals surface area contributed by atoms with Gasteiger partial charge < -0.3 is 10.6 Å². The van der Waals surface area contributed by atoms with Crippen LogP contribution in [-0.4, -0.2) is 27.4 Å². The predicted octanol–water partition coefficient (Wildman–Crippen LogP) is 4.00. The topological polar surface area (TPSA) is 79.8 Å². The number of hydrogen-bond acceptors (Lipinski definition) is 5. The second kappa shape index (κ2) is 9.09. The van der Waals surface area contributed by atoms with Crippen molar-refractivity contribution in [3.8, 4) is 11.3 Å². The van der Waals surface area contributed by atoms with E-state index in [2.05, 4.69) is 25.6 Å². The van der Waals surface area contributed by atoms with Gasteiger partial charge in [0.25, 0.3) is 0 Å². The molecule has 2 N–H and O–H groups in total. The van der Waals surface area contributed by atoms with Gasteiger partial charge >= 0.3 is 0 Å². The molecule has 3 aromatic rings. The van der Waals surface area contributed by atoms with Crippen LogP contribution in [0.15, 0.2) is 54.9 Å². The van der Waals surface area contributed by atoms with Crippen molar-refractivity contribution in [1.29, 1.82) is 0 Å². The Morgan fingerprint density at radius 1 is 1.11 bits per heavy atom. The summed E-state index contributed by atoms with van der Waals surface area (Å²) in [6.07, 6.45) is 4.60. The van der Waals surface area contributed by atoms with E-state index >= 15 is 0 Å². The van der Waals surface area contributed by atoms with E-state index < -0.39 is 0 Å². The van der Waals surface area contributed by atoms with Crippen LogP contribution in [0.25, 0.3) is 11.3 Å². The van der Waals surface area contributed by atoms with E-state index in [9.17, 15) is 4.79 Å². The third kappa shape index (κ3) is 5.49. The lowest BCUT2D eigenvalue weighted by Gasteiger charge is -2.08. The Labute approximate surface area is 163 Å². The normalized spacial score (nSPS) is 10.4. The number of amides is 1. The largest absolute Gasteiger partial charge is 0.356 e. The maximum absolute atomic E-state index is 11.3. The molecule has 2 aromatic heterocycles. The highest BCUT2D eigenvalue weighted by Crippen LogP contribution is 2.21. The second-order valence-corrected chi connectivity index (χ2v) is 6.33. The van der Waals surface area contributed by atoms with Crippen molar-refractivity contribution in [2.24, 2.45) is 0 Å². The molecule has 138 valence electrons. The van der Waals surface area contributed by atoms with Crippen LogP contribution < -0.4 is 10.6 Å². The van der Waals surface area contributed by atoms with Gasteiger partial charge in [-0.1, -0.05) is 24.6 Å². The minimum Gasteiger partial charge on any atom is -0.356 e. The molecule has 27 heavy (non-hydrogen) atoms. The number of rotatable bonds is 7. The average molecular weight is 382 g/mol. The molecule has 3 rings (SSSR count). The number of anilines is 2. The van der Waals surface area contributed by atoms with Crippen LogP contribution >= 0.6 is 11.6 Å². The van der Waals surface area contributed by atoms with Gasteiger partial charge in [0.2, 0.25) is 11.9 Å². The lowest BCUT2D eigenvalue weighted by molar-refractivity contribution is -0.120. The SMILES string of the molecule is CCC(=O)NCCc1cc(-c2ccnc(Nc3cccc(Cl)c3)n2)ccn1. The van der Waals surface area contributed by atoms with Gasteiger partial charge in [0, 0.05) is 53.7 Å². The first-order valence-electron chi connectivity index (χ1n) is 8.71. The molecule has 0 aliphatic heterocycles. The fourth-order valence-corrected chi connectivity index (χ4v) is 2.69. The lowest BCUT2D eigenvalue weighted by Crippen LogP contribution is -2.24. The summed E-state index contributed by atoms with van der Waals surface area (Å²) in [7, 11) is 0. The van der Waals surface area contributed by atoms with Crippen molar-refractivity contribution in [2.45, 2.75) is 19.8 Å². The predicted molar refractivity (Wildman–Crippen MR) is 107 cm³/mol. The van der Waals surface area contributed by atoms with Crippen molar-refractivity contribution in [3.63, 3.8) is 0 Å². The van der Waals surface area contributed by atoms with Crippen LogP contribution in [0.3, 0.4) is 0 Å². The molecule has 0 saturated carbocycles. The van der Waals surface area contributed by atoms with Crippen LogP contribution in [0.4, 0.5) is 11.6 Å². The summed E-state index contributed by atoms with van der Waals surface area (Å²) in [5.74, 6) is 0.530. The second-order valence-electron chi connectivity index (χ2n) is 5.89. The number of benzene rings is 1. The van der Waals surface area contributed by atoms with Crippen molar-refractivity contribution in [1.82, 2.24) is 20.3 Å². The minimum atomic E-state index is 0.0405. The van der Waals surface area contributed by atoms with Crippen LogP contribution in [0.2, 0.25) is 5.02 Å². The molecule has 0 saturated heterocycles. The van der Waals surface area contributed by atoms with E-state index in [0.29, 0.717) is 30.4 Å². The molecule has 0 fully saturated rings. The summed E-state index contributed by atoms with van der Waals surface area (Å²) in [4.78, 5) is 24.5. The van der Waals surface area contributed by atoms with Gasteiger partial charge in [0.05, 0.1) is 5.69 Å². The third-order valence-electron chi connectivity index (χ3n) is 3.87. The van der Waals surface area contributed by atoms with E-state index in [1.165, 1.54) is 0 Å². The number of halogens is 1. The van der Waals surface area contributed by atoms with Crippen LogP contribution in [0.1, 0.15) is 19.0 Å². The molecule has 0 atom stereocenters. The summed E-state index contributed by atoms with van der Waals surface area (Å²) >= 11 is 6.01. The van der Waals surface area contributed by atoms with Gasteiger partial charge in [-0.3, -0.25) is 9.78 Å². The lowest BCUT2D eigenvalue weighted by atomic mass is 10.1. The standard InChI is InChI=1S/C20H20ClN5O/c1-2-19(27)23-10-7-16-12-14(6-9-22-16)18-8-11-24-20(26-18)25-17-5-3-4-15(21)13-17/h3-6,8-9,11-13H,2,7,10H2,1H3,(H,23,27)(H,24,25,26). The first kappa shape index (κ1) is 18.8. The fraction of sp³-hybridized carbons (Fsp3) is 0.200. The molecule has 7 heteroatoms. The molecular weight excluding hydrogens is 362 g/mol. The number of carbonyl (C=O) groups is 1. The van der Waals surface area contributed by atoms with Crippen LogP contribution in [-0.2, 0) is 11.2 Å². The van der Waals surface area contributed by atoms with Crippen LogP contribution in [0, 0.1) is 0 Å². The number of hydrogen-bond donors (Lipinski definition) is 2. The Bertz CT molecular complexity index is 932. The molecule has 0 aliphatic carbocycles. The first-order chi connectivity index (χ1) is 13.1. The van der Waals surface area contributed by atoms with E-state index in [1.807, 2.05) is 49.4 Å². The first-order valence-corrected chi connectivity index (χ1v) is 9.09. The molecule has 0 aliphatic rings. The summed E-state index contributed by atoms with van der Waals surface area (Å²) in [6.45, 7) is 2.40. The van der Waals surface area contributed by atoms with Crippen molar-refractivity contribution < 1.29 is 4.79 Å². The van der Waals surface area contributed by atoms with Gasteiger partial charge in [-0.05, 0) is 36.4 Å². The van der Waals surface area contributed by atoms with Gasteiger partial charge in [0.15, 0.2) is 0 Å². The molecule has 6 nitrogen and oxygen atoms in total. The summed E-state index contributed by atoms with van der Waals surface area (Å²) in [5.41, 5.74) is 3.45. The smallest absolute Gasteiger partial charge is 0.227 e. The van der Waals surface area contributed by atoms with Crippen molar-refractivity contribution in [3.05, 3.63) is 65.6 Å². The van der Waals surface area contributed by atoms with Gasteiger partial charge in [-0.25, -0.2) is 9.97 Å². The summed E-state index contributed by atoms with van der Waals surface area (Å²) < 4.78 is 0. The maximum Gasteiger partial charge on any atom is 0.227 e. The number of aromatic nitrogens is 3. The Balaban J connectivity index is 1.72. The monoisotopic (exact) mass is 381 g/mol. The van der Waals surface area contributed by atoms with Crippen molar-refractivity contribution in [2.75, 3.05) is 11.9 Å². The fourth-order valence-electron chi connectivity index (χ4n) is 2.50. The molecule has 0 radical (unpaired) electrons. The zero-order valence-corrected chi connectivity index (χ0v) is 15.7. The maximum atomic E-state index is 11.3. The zero-order chi connectivity index (χ0) is 19.1. The Morgan fingerprint density at radius 3 is 2.78 bits per heavy atom.